The third-order valence-electron chi connectivity index (χ3n) is 3.83. The Bertz CT molecular complexity index is 405. The van der Waals surface area contributed by atoms with Gasteiger partial charge in [-0.25, -0.2) is 4.39 Å². The third kappa shape index (κ3) is 1.64. The van der Waals surface area contributed by atoms with Crippen LogP contribution in [0.25, 0.3) is 0 Å². The SMILES string of the molecule is CN1CCN2CCc3cc(F)ccc3C2C1. The van der Waals surface area contributed by atoms with E-state index in [-0.39, 0.29) is 5.82 Å². The number of rotatable bonds is 0. The number of fused-ring (bicyclic) bond motifs is 3. The Morgan fingerprint density at radius 3 is 3.00 bits per heavy atom. The lowest BCUT2D eigenvalue weighted by atomic mass is 9.91. The van der Waals surface area contributed by atoms with Crippen LogP contribution in [0.3, 0.4) is 0 Å². The normalized spacial score (nSPS) is 26.2. The maximum absolute atomic E-state index is 13.2. The molecule has 2 nitrogen and oxygen atoms in total. The van der Waals surface area contributed by atoms with Crippen LogP contribution in [-0.4, -0.2) is 43.0 Å². The molecule has 2 aliphatic rings. The van der Waals surface area contributed by atoms with Crippen molar-refractivity contribution >= 4 is 0 Å². The molecule has 0 aromatic heterocycles. The van der Waals surface area contributed by atoms with Gasteiger partial charge in [-0.2, -0.15) is 0 Å². The van der Waals surface area contributed by atoms with Crippen molar-refractivity contribution in [1.82, 2.24) is 9.80 Å². The molecule has 0 bridgehead atoms. The third-order valence-corrected chi connectivity index (χ3v) is 3.83. The first kappa shape index (κ1) is 10.2. The minimum absolute atomic E-state index is 0.101. The van der Waals surface area contributed by atoms with Crippen LogP contribution < -0.4 is 0 Å². The average molecular weight is 220 g/mol. The molecule has 1 unspecified atom stereocenters. The van der Waals surface area contributed by atoms with Crippen molar-refractivity contribution in [2.24, 2.45) is 0 Å². The lowest BCUT2D eigenvalue weighted by molar-refractivity contribution is 0.0824. The molecule has 86 valence electrons. The van der Waals surface area contributed by atoms with Crippen LogP contribution in [-0.2, 0) is 6.42 Å². The van der Waals surface area contributed by atoms with Gasteiger partial charge in [0.25, 0.3) is 0 Å². The molecule has 0 amide bonds. The highest BCUT2D eigenvalue weighted by atomic mass is 19.1. The smallest absolute Gasteiger partial charge is 0.123 e. The summed E-state index contributed by atoms with van der Waals surface area (Å²) in [4.78, 5) is 4.89. The molecule has 0 spiro atoms. The number of hydrogen-bond donors (Lipinski definition) is 0. The second-order valence-electron chi connectivity index (χ2n) is 4.91. The molecule has 1 fully saturated rings. The van der Waals surface area contributed by atoms with Gasteiger partial charge in [0.1, 0.15) is 5.82 Å². The average Bonchev–Trinajstić information content (AvgIpc) is 2.28. The molecule has 1 aromatic carbocycles. The van der Waals surface area contributed by atoms with Crippen LogP contribution in [0.4, 0.5) is 4.39 Å². The van der Waals surface area contributed by atoms with Crippen LogP contribution in [0.1, 0.15) is 17.2 Å². The molecule has 0 radical (unpaired) electrons. The lowest BCUT2D eigenvalue weighted by Gasteiger charge is -2.43. The van der Waals surface area contributed by atoms with E-state index in [4.69, 9.17) is 0 Å². The van der Waals surface area contributed by atoms with Crippen LogP contribution >= 0.6 is 0 Å². The first-order valence-corrected chi connectivity index (χ1v) is 5.95. The zero-order valence-electron chi connectivity index (χ0n) is 9.62. The molecular weight excluding hydrogens is 203 g/mol. The molecule has 1 atom stereocenters. The summed E-state index contributed by atoms with van der Waals surface area (Å²) in [5.41, 5.74) is 2.54. The molecule has 1 saturated heterocycles. The Morgan fingerprint density at radius 2 is 2.12 bits per heavy atom. The van der Waals surface area contributed by atoms with Crippen molar-refractivity contribution in [2.75, 3.05) is 33.2 Å². The van der Waals surface area contributed by atoms with Crippen molar-refractivity contribution in [3.63, 3.8) is 0 Å². The molecule has 16 heavy (non-hydrogen) atoms. The van der Waals surface area contributed by atoms with E-state index in [0.717, 1.165) is 32.6 Å². The molecule has 2 aliphatic heterocycles. The van der Waals surface area contributed by atoms with Crippen LogP contribution in [0, 0.1) is 5.82 Å². The fraction of sp³-hybridized carbons (Fsp3) is 0.538. The van der Waals surface area contributed by atoms with E-state index < -0.39 is 0 Å². The Labute approximate surface area is 95.7 Å². The van der Waals surface area contributed by atoms with Crippen LogP contribution in [0.15, 0.2) is 18.2 Å². The van der Waals surface area contributed by atoms with E-state index in [1.807, 2.05) is 6.07 Å². The van der Waals surface area contributed by atoms with Gasteiger partial charge in [0.05, 0.1) is 0 Å². The number of benzene rings is 1. The summed E-state index contributed by atoms with van der Waals surface area (Å²) in [5.74, 6) is -0.101. The van der Waals surface area contributed by atoms with Gasteiger partial charge in [0.15, 0.2) is 0 Å². The van der Waals surface area contributed by atoms with Gasteiger partial charge in [-0.3, -0.25) is 4.90 Å². The van der Waals surface area contributed by atoms with E-state index in [1.165, 1.54) is 11.1 Å². The maximum atomic E-state index is 13.2. The first-order valence-electron chi connectivity index (χ1n) is 5.95. The quantitative estimate of drug-likeness (QED) is 0.656. The monoisotopic (exact) mass is 220 g/mol. The van der Waals surface area contributed by atoms with Crippen molar-refractivity contribution < 1.29 is 4.39 Å². The summed E-state index contributed by atoms with van der Waals surface area (Å²) < 4.78 is 13.2. The van der Waals surface area contributed by atoms with Gasteiger partial charge in [-0.15, -0.1) is 0 Å². The van der Waals surface area contributed by atoms with Gasteiger partial charge in [-0.05, 0) is 36.7 Å². The van der Waals surface area contributed by atoms with E-state index in [0.29, 0.717) is 6.04 Å². The Balaban J connectivity index is 1.97. The molecule has 0 aliphatic carbocycles. The predicted octanol–water partition coefficient (Wildman–Crippen LogP) is 1.67. The summed E-state index contributed by atoms with van der Waals surface area (Å²) in [6.45, 7) is 4.43. The number of piperazine rings is 1. The van der Waals surface area contributed by atoms with Gasteiger partial charge in [0.2, 0.25) is 0 Å². The van der Waals surface area contributed by atoms with Gasteiger partial charge in [0, 0.05) is 32.2 Å². The molecule has 3 rings (SSSR count). The van der Waals surface area contributed by atoms with E-state index in [2.05, 4.69) is 16.8 Å². The highest BCUT2D eigenvalue weighted by Gasteiger charge is 2.31. The predicted molar refractivity (Wildman–Crippen MR) is 61.9 cm³/mol. The molecule has 2 heterocycles. The highest BCUT2D eigenvalue weighted by Crippen LogP contribution is 2.32. The zero-order valence-corrected chi connectivity index (χ0v) is 9.62. The summed E-state index contributed by atoms with van der Waals surface area (Å²) >= 11 is 0. The van der Waals surface area contributed by atoms with Crippen molar-refractivity contribution in [3.8, 4) is 0 Å². The fourth-order valence-corrected chi connectivity index (χ4v) is 2.90. The number of halogens is 1. The Morgan fingerprint density at radius 1 is 1.25 bits per heavy atom. The van der Waals surface area contributed by atoms with E-state index in [1.54, 1.807) is 12.1 Å². The topological polar surface area (TPSA) is 6.48 Å². The summed E-state index contributed by atoms with van der Waals surface area (Å²) in [7, 11) is 2.16. The van der Waals surface area contributed by atoms with Gasteiger partial charge < -0.3 is 4.90 Å². The summed E-state index contributed by atoms with van der Waals surface area (Å²) in [6, 6.07) is 5.75. The minimum Gasteiger partial charge on any atom is -0.303 e. The Hall–Kier alpha value is -0.930. The molecule has 3 heteroatoms. The molecular formula is C13H17FN2. The minimum atomic E-state index is -0.101. The van der Waals surface area contributed by atoms with E-state index in [9.17, 15) is 4.39 Å². The van der Waals surface area contributed by atoms with Gasteiger partial charge >= 0.3 is 0 Å². The molecule has 0 saturated carbocycles. The number of likely N-dealkylation sites (N-methyl/N-ethyl adjacent to an activating group) is 1. The lowest BCUT2D eigenvalue weighted by Crippen LogP contribution is -2.49. The van der Waals surface area contributed by atoms with E-state index >= 15 is 0 Å². The number of nitrogens with zero attached hydrogens (tertiary/aromatic N) is 2. The van der Waals surface area contributed by atoms with Crippen LogP contribution in [0.5, 0.6) is 0 Å². The second kappa shape index (κ2) is 3.82. The largest absolute Gasteiger partial charge is 0.303 e. The van der Waals surface area contributed by atoms with Crippen LogP contribution in [0.2, 0.25) is 0 Å². The van der Waals surface area contributed by atoms with Crippen molar-refractivity contribution in [2.45, 2.75) is 12.5 Å². The highest BCUT2D eigenvalue weighted by molar-refractivity contribution is 5.33. The van der Waals surface area contributed by atoms with Crippen molar-refractivity contribution in [3.05, 3.63) is 35.1 Å². The van der Waals surface area contributed by atoms with Gasteiger partial charge in [-0.1, -0.05) is 6.07 Å². The zero-order chi connectivity index (χ0) is 11.1. The Kier molecular flexibility index (Phi) is 2.45. The molecule has 1 aromatic rings. The first-order chi connectivity index (χ1) is 7.74. The number of hydrogen-bond acceptors (Lipinski definition) is 2. The fourth-order valence-electron chi connectivity index (χ4n) is 2.90. The van der Waals surface area contributed by atoms with Crippen molar-refractivity contribution in [1.29, 1.82) is 0 Å². The summed E-state index contributed by atoms with van der Waals surface area (Å²) in [6.07, 6.45) is 0.993. The summed E-state index contributed by atoms with van der Waals surface area (Å²) in [5, 5.41) is 0. The second-order valence-corrected chi connectivity index (χ2v) is 4.91. The molecule has 0 N–H and O–H groups in total. The standard InChI is InChI=1S/C13H17FN2/c1-15-6-7-16-5-4-10-8-11(14)2-3-12(10)13(16)9-15/h2-3,8,13H,4-7,9H2,1H3. The maximum Gasteiger partial charge on any atom is 0.123 e.